The Morgan fingerprint density at radius 3 is 2.25 bits per heavy atom. The molecule has 0 saturated heterocycles. The number of carbonyl (C=O) groups excluding carboxylic acids is 1. The monoisotopic (exact) mass is 405 g/mol. The number of benzene rings is 2. The zero-order valence-corrected chi connectivity index (χ0v) is 16.8. The Morgan fingerprint density at radius 2 is 1.71 bits per heavy atom. The minimum Gasteiger partial charge on any atom is -0.326 e. The van der Waals surface area contributed by atoms with Crippen molar-refractivity contribution in [2.24, 2.45) is 0 Å². The third-order valence-corrected chi connectivity index (χ3v) is 6.50. The number of nitrogens with zero attached hydrogens (tertiary/aromatic N) is 2. The first kappa shape index (κ1) is 21.5. The van der Waals surface area contributed by atoms with E-state index in [-0.39, 0.29) is 22.9 Å². The molecule has 0 spiro atoms. The lowest BCUT2D eigenvalue weighted by molar-refractivity contribution is -0.384. The van der Waals surface area contributed by atoms with E-state index in [0.717, 1.165) is 0 Å². The highest BCUT2D eigenvalue weighted by molar-refractivity contribution is 7.89. The van der Waals surface area contributed by atoms with Crippen molar-refractivity contribution < 1.29 is 18.1 Å². The van der Waals surface area contributed by atoms with E-state index in [0.29, 0.717) is 29.9 Å². The second kappa shape index (κ2) is 8.94. The van der Waals surface area contributed by atoms with Crippen LogP contribution in [0.4, 0.5) is 11.4 Å². The molecule has 2 rings (SSSR count). The molecule has 0 aromatic heterocycles. The largest absolute Gasteiger partial charge is 0.326 e. The first-order valence-electron chi connectivity index (χ1n) is 8.83. The Kier molecular flexibility index (Phi) is 6.87. The van der Waals surface area contributed by atoms with Crippen LogP contribution in [0.25, 0.3) is 0 Å². The number of hydrogen-bond donors (Lipinski definition) is 1. The molecule has 0 saturated carbocycles. The van der Waals surface area contributed by atoms with E-state index in [4.69, 9.17) is 0 Å². The fourth-order valence-electron chi connectivity index (χ4n) is 2.78. The van der Waals surface area contributed by atoms with Crippen LogP contribution in [0.2, 0.25) is 0 Å². The van der Waals surface area contributed by atoms with Gasteiger partial charge < -0.3 is 5.32 Å². The minimum atomic E-state index is -3.64. The molecule has 0 atom stereocenters. The van der Waals surface area contributed by atoms with Crippen LogP contribution in [0.1, 0.15) is 25.0 Å². The molecule has 2 aromatic rings. The van der Waals surface area contributed by atoms with Crippen LogP contribution < -0.4 is 5.32 Å². The van der Waals surface area contributed by atoms with Gasteiger partial charge in [0.1, 0.15) is 0 Å². The maximum Gasteiger partial charge on any atom is 0.269 e. The quantitative estimate of drug-likeness (QED) is 0.536. The average molecular weight is 405 g/mol. The van der Waals surface area contributed by atoms with Gasteiger partial charge in [0.25, 0.3) is 5.69 Å². The minimum absolute atomic E-state index is 0.0179. The predicted octanol–water partition coefficient (Wildman–Crippen LogP) is 3.11. The summed E-state index contributed by atoms with van der Waals surface area (Å²) in [6, 6.07) is 10.5. The molecule has 0 unspecified atom stereocenters. The van der Waals surface area contributed by atoms with E-state index in [2.05, 4.69) is 5.32 Å². The highest BCUT2D eigenvalue weighted by atomic mass is 32.2. The summed E-state index contributed by atoms with van der Waals surface area (Å²) in [6.07, 6.45) is 0.0179. The van der Waals surface area contributed by atoms with Crippen molar-refractivity contribution >= 4 is 27.3 Å². The third-order valence-electron chi connectivity index (χ3n) is 4.31. The van der Waals surface area contributed by atoms with Crippen molar-refractivity contribution in [2.45, 2.75) is 32.1 Å². The molecule has 9 heteroatoms. The van der Waals surface area contributed by atoms with E-state index >= 15 is 0 Å². The van der Waals surface area contributed by atoms with Crippen molar-refractivity contribution in [3.63, 3.8) is 0 Å². The molecule has 0 radical (unpaired) electrons. The van der Waals surface area contributed by atoms with Gasteiger partial charge in [0.15, 0.2) is 0 Å². The summed E-state index contributed by atoms with van der Waals surface area (Å²) in [5, 5.41) is 13.4. The lowest BCUT2D eigenvalue weighted by Crippen LogP contribution is -2.31. The van der Waals surface area contributed by atoms with Gasteiger partial charge in [-0.25, -0.2) is 8.42 Å². The van der Waals surface area contributed by atoms with Gasteiger partial charge in [-0.1, -0.05) is 32.0 Å². The van der Waals surface area contributed by atoms with Crippen LogP contribution in [-0.4, -0.2) is 36.6 Å². The van der Waals surface area contributed by atoms with E-state index in [9.17, 15) is 23.3 Å². The number of non-ortho nitro benzene ring substituents is 1. The summed E-state index contributed by atoms with van der Waals surface area (Å²) < 4.78 is 26.9. The molecule has 1 amide bonds. The van der Waals surface area contributed by atoms with E-state index in [1.165, 1.54) is 34.6 Å². The van der Waals surface area contributed by atoms with Gasteiger partial charge in [0, 0.05) is 30.9 Å². The fourth-order valence-corrected chi connectivity index (χ4v) is 4.49. The summed E-state index contributed by atoms with van der Waals surface area (Å²) in [4.78, 5) is 22.6. The molecule has 0 bridgehead atoms. The normalized spacial score (nSPS) is 11.4. The molecule has 0 aliphatic rings. The van der Waals surface area contributed by atoms with Crippen molar-refractivity contribution in [1.29, 1.82) is 0 Å². The molecule has 0 fully saturated rings. The number of nitro groups is 1. The van der Waals surface area contributed by atoms with Crippen molar-refractivity contribution in [1.82, 2.24) is 4.31 Å². The Hall–Kier alpha value is -2.78. The Balaban J connectivity index is 2.18. The smallest absolute Gasteiger partial charge is 0.269 e. The van der Waals surface area contributed by atoms with Gasteiger partial charge >= 0.3 is 0 Å². The molecule has 28 heavy (non-hydrogen) atoms. The number of hydrogen-bond acceptors (Lipinski definition) is 5. The third kappa shape index (κ3) is 4.93. The number of sulfonamides is 1. The average Bonchev–Trinajstić information content (AvgIpc) is 2.64. The van der Waals surface area contributed by atoms with Crippen LogP contribution >= 0.6 is 0 Å². The summed E-state index contributed by atoms with van der Waals surface area (Å²) in [5.74, 6) is -0.344. The molecule has 0 aliphatic carbocycles. The summed E-state index contributed by atoms with van der Waals surface area (Å²) in [6.45, 7) is 5.96. The van der Waals surface area contributed by atoms with Gasteiger partial charge in [-0.05, 0) is 30.2 Å². The molecule has 1 N–H and O–H groups in total. The predicted molar refractivity (Wildman–Crippen MR) is 107 cm³/mol. The van der Waals surface area contributed by atoms with Crippen molar-refractivity contribution in [3.8, 4) is 0 Å². The van der Waals surface area contributed by atoms with Gasteiger partial charge in [0.05, 0.1) is 16.2 Å². The maximum absolute atomic E-state index is 12.8. The van der Waals surface area contributed by atoms with Gasteiger partial charge in [0.2, 0.25) is 15.9 Å². The van der Waals surface area contributed by atoms with Crippen LogP contribution in [0.15, 0.2) is 47.4 Å². The number of carbonyl (C=O) groups is 1. The molecule has 8 nitrogen and oxygen atoms in total. The van der Waals surface area contributed by atoms with E-state index in [1.54, 1.807) is 32.9 Å². The Morgan fingerprint density at radius 1 is 1.11 bits per heavy atom. The summed E-state index contributed by atoms with van der Waals surface area (Å²) in [5.41, 5.74) is 1.55. The molecule has 2 aromatic carbocycles. The number of rotatable bonds is 8. The topological polar surface area (TPSA) is 110 Å². The number of nitrogens with one attached hydrogen (secondary N) is 1. The van der Waals surface area contributed by atoms with Gasteiger partial charge in [-0.15, -0.1) is 0 Å². The molecule has 150 valence electrons. The number of amides is 1. The standard InChI is InChI=1S/C19H23N3O5S/c1-4-21(5-2)28(26,27)18-13-16(9-6-14(18)3)20-19(23)12-15-7-10-17(11-8-15)22(24)25/h6-11,13H,4-5,12H2,1-3H3,(H,20,23). The number of anilines is 1. The van der Waals surface area contributed by atoms with Crippen LogP contribution in [0, 0.1) is 17.0 Å². The van der Waals surface area contributed by atoms with Crippen LogP contribution in [0.5, 0.6) is 0 Å². The summed E-state index contributed by atoms with van der Waals surface area (Å²) in [7, 11) is -3.64. The Labute approximate surface area is 164 Å². The van der Waals surface area contributed by atoms with Crippen molar-refractivity contribution in [2.75, 3.05) is 18.4 Å². The zero-order chi connectivity index (χ0) is 20.9. The maximum atomic E-state index is 12.8. The zero-order valence-electron chi connectivity index (χ0n) is 16.0. The first-order valence-corrected chi connectivity index (χ1v) is 10.3. The SMILES string of the molecule is CCN(CC)S(=O)(=O)c1cc(NC(=O)Cc2ccc([N+](=O)[O-])cc2)ccc1C. The first-order chi connectivity index (χ1) is 13.2. The Bertz CT molecular complexity index is 968. The highest BCUT2D eigenvalue weighted by Gasteiger charge is 2.24. The second-order valence-corrected chi connectivity index (χ2v) is 8.12. The van der Waals surface area contributed by atoms with Crippen molar-refractivity contribution in [3.05, 3.63) is 63.7 Å². The van der Waals surface area contributed by atoms with E-state index < -0.39 is 14.9 Å². The van der Waals surface area contributed by atoms with Gasteiger partial charge in [-0.2, -0.15) is 4.31 Å². The number of nitro benzene ring substituents is 1. The second-order valence-electron chi connectivity index (χ2n) is 6.22. The molecular formula is C19H23N3O5S. The summed E-state index contributed by atoms with van der Waals surface area (Å²) >= 11 is 0. The molecular weight excluding hydrogens is 382 g/mol. The van der Waals surface area contributed by atoms with E-state index in [1.807, 2.05) is 0 Å². The fraction of sp³-hybridized carbons (Fsp3) is 0.316. The van der Waals surface area contributed by atoms with Crippen LogP contribution in [0.3, 0.4) is 0 Å². The highest BCUT2D eigenvalue weighted by Crippen LogP contribution is 2.24. The number of aryl methyl sites for hydroxylation is 1. The molecule has 0 heterocycles. The van der Waals surface area contributed by atoms with Crippen LogP contribution in [-0.2, 0) is 21.2 Å². The van der Waals surface area contributed by atoms with Gasteiger partial charge in [-0.3, -0.25) is 14.9 Å². The lowest BCUT2D eigenvalue weighted by atomic mass is 10.1. The molecule has 0 aliphatic heterocycles. The lowest BCUT2D eigenvalue weighted by Gasteiger charge is -2.20.